The summed E-state index contributed by atoms with van der Waals surface area (Å²) in [4.78, 5) is 23.9. The topological polar surface area (TPSA) is 67.4 Å². The molecule has 0 unspecified atom stereocenters. The lowest BCUT2D eigenvalue weighted by molar-refractivity contribution is 0.0523. The van der Waals surface area contributed by atoms with Crippen LogP contribution < -0.4 is 10.6 Å². The largest absolute Gasteiger partial charge is 0.444 e. The number of hydrogen-bond acceptors (Lipinski definition) is 3. The molecule has 0 atom stereocenters. The van der Waals surface area contributed by atoms with E-state index in [1.807, 2.05) is 64.1 Å². The summed E-state index contributed by atoms with van der Waals surface area (Å²) in [5, 5.41) is 5.60. The standard InChI is InChI=1S/C21H26N2O3/c1-15-5-7-16(8-6-15)13-22-19(24)18-11-9-17(10-12-18)14-23-20(25)26-21(2,3)4/h5-12H,13-14H2,1-4H3,(H,22,24)(H,23,25). The van der Waals surface area contributed by atoms with Crippen LogP contribution >= 0.6 is 0 Å². The van der Waals surface area contributed by atoms with Crippen LogP contribution in [-0.2, 0) is 17.8 Å². The zero-order valence-corrected chi connectivity index (χ0v) is 15.8. The molecule has 0 aliphatic carbocycles. The molecule has 0 fully saturated rings. The van der Waals surface area contributed by atoms with Crippen molar-refractivity contribution in [2.45, 2.75) is 46.4 Å². The number of benzene rings is 2. The van der Waals surface area contributed by atoms with Gasteiger partial charge in [-0.1, -0.05) is 42.0 Å². The molecule has 138 valence electrons. The number of carbonyl (C=O) groups excluding carboxylic acids is 2. The van der Waals surface area contributed by atoms with Crippen molar-refractivity contribution < 1.29 is 14.3 Å². The first kappa shape index (κ1) is 19.5. The Balaban J connectivity index is 1.83. The Labute approximate surface area is 154 Å². The highest BCUT2D eigenvalue weighted by Gasteiger charge is 2.15. The van der Waals surface area contributed by atoms with E-state index in [-0.39, 0.29) is 5.91 Å². The highest BCUT2D eigenvalue weighted by atomic mass is 16.6. The van der Waals surface area contributed by atoms with Crippen LogP contribution in [0.4, 0.5) is 4.79 Å². The Hall–Kier alpha value is -2.82. The normalized spacial score (nSPS) is 10.9. The van der Waals surface area contributed by atoms with Gasteiger partial charge in [0.05, 0.1) is 0 Å². The van der Waals surface area contributed by atoms with Gasteiger partial charge in [0.15, 0.2) is 0 Å². The third-order valence-corrected chi connectivity index (χ3v) is 3.63. The quantitative estimate of drug-likeness (QED) is 0.854. The van der Waals surface area contributed by atoms with Gasteiger partial charge < -0.3 is 15.4 Å². The van der Waals surface area contributed by atoms with E-state index in [1.54, 1.807) is 12.1 Å². The van der Waals surface area contributed by atoms with Gasteiger partial charge >= 0.3 is 6.09 Å². The molecule has 2 N–H and O–H groups in total. The predicted octanol–water partition coefficient (Wildman–Crippen LogP) is 3.95. The number of rotatable bonds is 5. The maximum absolute atomic E-state index is 12.2. The molecule has 0 bridgehead atoms. The molecule has 0 radical (unpaired) electrons. The summed E-state index contributed by atoms with van der Waals surface area (Å²) in [7, 11) is 0. The number of hydrogen-bond donors (Lipinski definition) is 2. The molecule has 5 nitrogen and oxygen atoms in total. The molecule has 0 aromatic heterocycles. The van der Waals surface area contributed by atoms with Crippen LogP contribution in [0.1, 0.15) is 47.8 Å². The molecule has 2 rings (SSSR count). The van der Waals surface area contributed by atoms with Crippen molar-refractivity contribution in [3.05, 3.63) is 70.8 Å². The second-order valence-corrected chi connectivity index (χ2v) is 7.22. The van der Waals surface area contributed by atoms with Gasteiger partial charge in [-0.25, -0.2) is 4.79 Å². The fraction of sp³-hybridized carbons (Fsp3) is 0.333. The summed E-state index contributed by atoms with van der Waals surface area (Å²) in [5.41, 5.74) is 3.20. The maximum Gasteiger partial charge on any atom is 0.407 e. The molecule has 0 heterocycles. The third kappa shape index (κ3) is 6.59. The van der Waals surface area contributed by atoms with E-state index in [0.29, 0.717) is 18.7 Å². The van der Waals surface area contributed by atoms with Gasteiger partial charge in [-0.15, -0.1) is 0 Å². The summed E-state index contributed by atoms with van der Waals surface area (Å²) in [6.45, 7) is 8.31. The summed E-state index contributed by atoms with van der Waals surface area (Å²) in [6, 6.07) is 15.2. The Bertz CT molecular complexity index is 744. The van der Waals surface area contributed by atoms with Gasteiger partial charge in [0.2, 0.25) is 0 Å². The van der Waals surface area contributed by atoms with Crippen molar-refractivity contribution in [2.75, 3.05) is 0 Å². The molecule has 2 aromatic rings. The van der Waals surface area contributed by atoms with Crippen LogP contribution in [0.3, 0.4) is 0 Å². The van der Waals surface area contributed by atoms with Crippen molar-refractivity contribution >= 4 is 12.0 Å². The van der Waals surface area contributed by atoms with E-state index in [9.17, 15) is 9.59 Å². The Kier molecular flexibility index (Phi) is 6.39. The molecule has 2 amide bonds. The summed E-state index contributed by atoms with van der Waals surface area (Å²) >= 11 is 0. The average molecular weight is 354 g/mol. The molecule has 0 aliphatic heterocycles. The summed E-state index contributed by atoms with van der Waals surface area (Å²) < 4.78 is 5.19. The van der Waals surface area contributed by atoms with E-state index in [0.717, 1.165) is 11.1 Å². The van der Waals surface area contributed by atoms with Crippen molar-refractivity contribution in [1.82, 2.24) is 10.6 Å². The first-order valence-electron chi connectivity index (χ1n) is 8.62. The number of carbonyl (C=O) groups is 2. The monoisotopic (exact) mass is 354 g/mol. The van der Waals surface area contributed by atoms with Crippen LogP contribution in [0.2, 0.25) is 0 Å². The molecular weight excluding hydrogens is 328 g/mol. The molecule has 0 saturated carbocycles. The second kappa shape index (κ2) is 8.52. The van der Waals surface area contributed by atoms with Gasteiger partial charge in [0, 0.05) is 18.7 Å². The smallest absolute Gasteiger partial charge is 0.407 e. The van der Waals surface area contributed by atoms with Gasteiger partial charge in [-0.3, -0.25) is 4.79 Å². The van der Waals surface area contributed by atoms with Crippen LogP contribution in [0.15, 0.2) is 48.5 Å². The predicted molar refractivity (Wildman–Crippen MR) is 102 cm³/mol. The molecule has 2 aromatic carbocycles. The highest BCUT2D eigenvalue weighted by molar-refractivity contribution is 5.94. The number of aryl methyl sites for hydroxylation is 1. The van der Waals surface area contributed by atoms with E-state index in [2.05, 4.69) is 10.6 Å². The molecule has 5 heteroatoms. The first-order valence-corrected chi connectivity index (χ1v) is 8.62. The van der Waals surface area contributed by atoms with Gasteiger partial charge in [0.25, 0.3) is 5.91 Å². The van der Waals surface area contributed by atoms with Crippen molar-refractivity contribution in [1.29, 1.82) is 0 Å². The van der Waals surface area contributed by atoms with E-state index in [4.69, 9.17) is 4.74 Å². The third-order valence-electron chi connectivity index (χ3n) is 3.63. The van der Waals surface area contributed by atoms with Gasteiger partial charge in [-0.05, 0) is 51.0 Å². The Morgan fingerprint density at radius 1 is 0.846 bits per heavy atom. The lowest BCUT2D eigenvalue weighted by atomic mass is 10.1. The second-order valence-electron chi connectivity index (χ2n) is 7.22. The van der Waals surface area contributed by atoms with E-state index in [1.165, 1.54) is 5.56 Å². The minimum Gasteiger partial charge on any atom is -0.444 e. The lowest BCUT2D eigenvalue weighted by Gasteiger charge is -2.19. The first-order chi connectivity index (χ1) is 12.2. The highest BCUT2D eigenvalue weighted by Crippen LogP contribution is 2.09. The van der Waals surface area contributed by atoms with Crippen molar-refractivity contribution in [3.8, 4) is 0 Å². The van der Waals surface area contributed by atoms with Crippen molar-refractivity contribution in [2.24, 2.45) is 0 Å². The minimum absolute atomic E-state index is 0.128. The Morgan fingerprint density at radius 3 is 1.88 bits per heavy atom. The van der Waals surface area contributed by atoms with Gasteiger partial charge in [-0.2, -0.15) is 0 Å². The SMILES string of the molecule is Cc1ccc(CNC(=O)c2ccc(CNC(=O)OC(C)(C)C)cc2)cc1. The van der Waals surface area contributed by atoms with Gasteiger partial charge in [0.1, 0.15) is 5.60 Å². The van der Waals surface area contributed by atoms with Crippen LogP contribution in [0.25, 0.3) is 0 Å². The average Bonchev–Trinajstić information content (AvgIpc) is 2.58. The fourth-order valence-electron chi connectivity index (χ4n) is 2.25. The van der Waals surface area contributed by atoms with Crippen molar-refractivity contribution in [3.63, 3.8) is 0 Å². The van der Waals surface area contributed by atoms with Crippen LogP contribution in [0, 0.1) is 6.92 Å². The summed E-state index contributed by atoms with van der Waals surface area (Å²) in [6.07, 6.45) is -0.461. The van der Waals surface area contributed by atoms with E-state index >= 15 is 0 Å². The number of amides is 2. The Morgan fingerprint density at radius 2 is 1.35 bits per heavy atom. The molecule has 0 aliphatic rings. The fourth-order valence-corrected chi connectivity index (χ4v) is 2.25. The molecule has 0 saturated heterocycles. The molecule has 0 spiro atoms. The maximum atomic E-state index is 12.2. The lowest BCUT2D eigenvalue weighted by Crippen LogP contribution is -2.32. The van der Waals surface area contributed by atoms with E-state index < -0.39 is 11.7 Å². The van der Waals surface area contributed by atoms with Crippen LogP contribution in [-0.4, -0.2) is 17.6 Å². The number of alkyl carbamates (subject to hydrolysis) is 1. The molecule has 26 heavy (non-hydrogen) atoms. The van der Waals surface area contributed by atoms with Crippen LogP contribution in [0.5, 0.6) is 0 Å². The minimum atomic E-state index is -0.524. The zero-order chi connectivity index (χ0) is 19.2. The summed E-state index contributed by atoms with van der Waals surface area (Å²) in [5.74, 6) is -0.128. The zero-order valence-electron chi connectivity index (χ0n) is 15.8. The number of ether oxygens (including phenoxy) is 1. The number of nitrogens with one attached hydrogen (secondary N) is 2. The molecular formula is C21H26N2O3.